The summed E-state index contributed by atoms with van der Waals surface area (Å²) in [5, 5.41) is 3.66. The van der Waals surface area contributed by atoms with Gasteiger partial charge in [0, 0.05) is 31.9 Å². The van der Waals surface area contributed by atoms with Crippen LogP contribution in [0.25, 0.3) is 0 Å². The van der Waals surface area contributed by atoms with E-state index < -0.39 is 0 Å². The van der Waals surface area contributed by atoms with Gasteiger partial charge in [-0.05, 0) is 55.2 Å². The van der Waals surface area contributed by atoms with Crippen molar-refractivity contribution in [3.63, 3.8) is 0 Å². The van der Waals surface area contributed by atoms with Gasteiger partial charge in [-0.15, -0.1) is 0 Å². The molecular weight excluding hydrogens is 244 g/mol. The molecule has 110 valence electrons. The van der Waals surface area contributed by atoms with Crippen molar-refractivity contribution in [2.45, 2.75) is 52.0 Å². The van der Waals surface area contributed by atoms with Crippen LogP contribution in [0.4, 0.5) is 5.69 Å². The summed E-state index contributed by atoms with van der Waals surface area (Å²) in [6, 6.07) is 9.17. The molecule has 1 N–H and O–H groups in total. The first-order chi connectivity index (χ1) is 9.81. The van der Waals surface area contributed by atoms with E-state index >= 15 is 0 Å². The lowest BCUT2D eigenvalue weighted by Gasteiger charge is -2.18. The molecule has 0 aromatic heterocycles. The van der Waals surface area contributed by atoms with Crippen LogP contribution in [-0.4, -0.2) is 19.6 Å². The van der Waals surface area contributed by atoms with Crippen molar-refractivity contribution in [2.24, 2.45) is 5.41 Å². The van der Waals surface area contributed by atoms with Gasteiger partial charge in [0.15, 0.2) is 0 Å². The van der Waals surface area contributed by atoms with E-state index in [1.807, 2.05) is 0 Å². The first-order valence-electron chi connectivity index (χ1n) is 8.36. The quantitative estimate of drug-likeness (QED) is 0.808. The van der Waals surface area contributed by atoms with E-state index in [1.165, 1.54) is 69.4 Å². The van der Waals surface area contributed by atoms with Crippen molar-refractivity contribution in [3.05, 3.63) is 29.8 Å². The van der Waals surface area contributed by atoms with Gasteiger partial charge in [0.25, 0.3) is 0 Å². The number of benzene rings is 1. The average molecular weight is 272 g/mol. The standard InChI is InChI=1S/C18H28N2/c1-2-9-18(10-11-18)15-19-14-16-5-7-17(8-6-16)20-12-3-4-13-20/h5-8,19H,2-4,9-15H2,1H3. The Morgan fingerprint density at radius 1 is 1.10 bits per heavy atom. The van der Waals surface area contributed by atoms with Crippen molar-refractivity contribution >= 4 is 5.69 Å². The molecule has 1 heterocycles. The Labute approximate surface area is 123 Å². The van der Waals surface area contributed by atoms with E-state index in [-0.39, 0.29) is 0 Å². The Kier molecular flexibility index (Phi) is 4.30. The van der Waals surface area contributed by atoms with Gasteiger partial charge in [-0.1, -0.05) is 25.5 Å². The number of nitrogens with one attached hydrogen (secondary N) is 1. The highest BCUT2D eigenvalue weighted by Gasteiger charge is 2.40. The Hall–Kier alpha value is -1.02. The minimum Gasteiger partial charge on any atom is -0.372 e. The molecule has 20 heavy (non-hydrogen) atoms. The predicted molar refractivity (Wildman–Crippen MR) is 86.2 cm³/mol. The third-order valence-corrected chi connectivity index (χ3v) is 4.97. The molecule has 0 bridgehead atoms. The Bertz CT molecular complexity index is 414. The second-order valence-corrected chi connectivity index (χ2v) is 6.71. The smallest absolute Gasteiger partial charge is 0.0366 e. The lowest BCUT2D eigenvalue weighted by atomic mass is 10.0. The van der Waals surface area contributed by atoms with E-state index in [2.05, 4.69) is 41.4 Å². The van der Waals surface area contributed by atoms with Crippen molar-refractivity contribution in [1.82, 2.24) is 5.32 Å². The summed E-state index contributed by atoms with van der Waals surface area (Å²) in [4.78, 5) is 2.50. The minimum atomic E-state index is 0.657. The van der Waals surface area contributed by atoms with Crippen LogP contribution in [0.5, 0.6) is 0 Å². The second-order valence-electron chi connectivity index (χ2n) is 6.71. The molecule has 0 atom stereocenters. The molecule has 0 radical (unpaired) electrons. The predicted octanol–water partition coefficient (Wildman–Crippen LogP) is 3.96. The normalized spacial score (nSPS) is 20.4. The maximum Gasteiger partial charge on any atom is 0.0366 e. The third kappa shape index (κ3) is 3.35. The maximum atomic E-state index is 3.66. The van der Waals surface area contributed by atoms with Gasteiger partial charge in [-0.3, -0.25) is 0 Å². The highest BCUT2D eigenvalue weighted by Crippen LogP contribution is 2.48. The highest BCUT2D eigenvalue weighted by molar-refractivity contribution is 5.48. The van der Waals surface area contributed by atoms with Crippen LogP contribution in [0, 0.1) is 5.41 Å². The van der Waals surface area contributed by atoms with Crippen molar-refractivity contribution in [3.8, 4) is 0 Å². The number of rotatable bonds is 7. The molecular formula is C18H28N2. The summed E-state index contributed by atoms with van der Waals surface area (Å²) >= 11 is 0. The molecule has 0 unspecified atom stereocenters. The lowest BCUT2D eigenvalue weighted by molar-refractivity contribution is 0.421. The van der Waals surface area contributed by atoms with Gasteiger partial charge in [-0.25, -0.2) is 0 Å². The number of hydrogen-bond acceptors (Lipinski definition) is 2. The maximum absolute atomic E-state index is 3.66. The number of nitrogens with zero attached hydrogens (tertiary/aromatic N) is 1. The fourth-order valence-corrected chi connectivity index (χ4v) is 3.49. The molecule has 3 rings (SSSR count). The molecule has 1 saturated heterocycles. The zero-order valence-corrected chi connectivity index (χ0v) is 12.8. The molecule has 2 aliphatic rings. The van der Waals surface area contributed by atoms with Crippen molar-refractivity contribution in [2.75, 3.05) is 24.5 Å². The number of hydrogen-bond donors (Lipinski definition) is 1. The molecule has 0 amide bonds. The van der Waals surface area contributed by atoms with E-state index in [0.717, 1.165) is 6.54 Å². The molecule has 1 aliphatic heterocycles. The fourth-order valence-electron chi connectivity index (χ4n) is 3.49. The summed E-state index contributed by atoms with van der Waals surface area (Å²) in [5.41, 5.74) is 3.47. The van der Waals surface area contributed by atoms with Crippen LogP contribution in [0.1, 0.15) is 51.0 Å². The monoisotopic (exact) mass is 272 g/mol. The van der Waals surface area contributed by atoms with E-state index in [4.69, 9.17) is 0 Å². The fraction of sp³-hybridized carbons (Fsp3) is 0.667. The van der Waals surface area contributed by atoms with Gasteiger partial charge in [0.2, 0.25) is 0 Å². The third-order valence-electron chi connectivity index (χ3n) is 4.97. The molecule has 2 heteroatoms. The van der Waals surface area contributed by atoms with Crippen LogP contribution >= 0.6 is 0 Å². The topological polar surface area (TPSA) is 15.3 Å². The molecule has 1 saturated carbocycles. The van der Waals surface area contributed by atoms with Gasteiger partial charge < -0.3 is 10.2 Å². The SMILES string of the molecule is CCCC1(CNCc2ccc(N3CCCC3)cc2)CC1. The van der Waals surface area contributed by atoms with E-state index in [1.54, 1.807) is 0 Å². The Morgan fingerprint density at radius 2 is 1.80 bits per heavy atom. The number of anilines is 1. The first kappa shape index (κ1) is 13.9. The summed E-state index contributed by atoms with van der Waals surface area (Å²) < 4.78 is 0. The van der Waals surface area contributed by atoms with Crippen LogP contribution in [-0.2, 0) is 6.54 Å². The molecule has 0 spiro atoms. The summed E-state index contributed by atoms with van der Waals surface area (Å²) in [7, 11) is 0. The van der Waals surface area contributed by atoms with Crippen molar-refractivity contribution in [1.29, 1.82) is 0 Å². The van der Waals surface area contributed by atoms with Gasteiger partial charge in [0.05, 0.1) is 0 Å². The average Bonchev–Trinajstić information content (AvgIpc) is 3.02. The van der Waals surface area contributed by atoms with Gasteiger partial charge in [-0.2, -0.15) is 0 Å². The van der Waals surface area contributed by atoms with E-state index in [0.29, 0.717) is 5.41 Å². The lowest BCUT2D eigenvalue weighted by Crippen LogP contribution is -2.23. The zero-order chi connectivity index (χ0) is 13.8. The molecule has 1 aliphatic carbocycles. The van der Waals surface area contributed by atoms with E-state index in [9.17, 15) is 0 Å². The Morgan fingerprint density at radius 3 is 2.40 bits per heavy atom. The minimum absolute atomic E-state index is 0.657. The molecule has 1 aromatic rings. The van der Waals surface area contributed by atoms with Gasteiger partial charge >= 0.3 is 0 Å². The highest BCUT2D eigenvalue weighted by atomic mass is 15.1. The van der Waals surface area contributed by atoms with Crippen molar-refractivity contribution < 1.29 is 0 Å². The largest absolute Gasteiger partial charge is 0.372 e. The van der Waals surface area contributed by atoms with Crippen LogP contribution in [0.3, 0.4) is 0 Å². The molecule has 1 aromatic carbocycles. The Balaban J connectivity index is 1.46. The first-order valence-corrected chi connectivity index (χ1v) is 8.36. The molecule has 2 nitrogen and oxygen atoms in total. The molecule has 2 fully saturated rings. The van der Waals surface area contributed by atoms with Crippen LogP contribution in [0.2, 0.25) is 0 Å². The van der Waals surface area contributed by atoms with Gasteiger partial charge in [0.1, 0.15) is 0 Å². The second kappa shape index (κ2) is 6.17. The van der Waals surface area contributed by atoms with Crippen LogP contribution < -0.4 is 10.2 Å². The van der Waals surface area contributed by atoms with Crippen LogP contribution in [0.15, 0.2) is 24.3 Å². The summed E-state index contributed by atoms with van der Waals surface area (Å²) in [6.07, 6.45) is 8.29. The zero-order valence-electron chi connectivity index (χ0n) is 12.8. The summed E-state index contributed by atoms with van der Waals surface area (Å²) in [6.45, 7) is 6.99. The summed E-state index contributed by atoms with van der Waals surface area (Å²) in [5.74, 6) is 0.